The third-order valence-electron chi connectivity index (χ3n) is 2.65. The standard InChI is InChI=1S/C12H14F3NO2/c1-8-6-17-7-11(16-8)9-2-4-10(5-3-9)18-12(13,14)15/h2-5,8,11,16H,6-7H2,1H3/t8-,11-/m1/s1. The number of hydrogen-bond acceptors (Lipinski definition) is 3. The van der Waals surface area contributed by atoms with Crippen molar-refractivity contribution < 1.29 is 22.6 Å². The molecule has 1 saturated heterocycles. The predicted octanol–water partition coefficient (Wildman–Crippen LogP) is 2.63. The van der Waals surface area contributed by atoms with E-state index >= 15 is 0 Å². The summed E-state index contributed by atoms with van der Waals surface area (Å²) in [5.41, 5.74) is 0.885. The average Bonchev–Trinajstić information content (AvgIpc) is 2.28. The molecule has 2 atom stereocenters. The van der Waals surface area contributed by atoms with Crippen LogP contribution >= 0.6 is 0 Å². The number of alkyl halides is 3. The number of ether oxygens (including phenoxy) is 2. The van der Waals surface area contributed by atoms with E-state index < -0.39 is 6.36 Å². The first-order valence-corrected chi connectivity index (χ1v) is 5.63. The van der Waals surface area contributed by atoms with E-state index in [0.29, 0.717) is 13.2 Å². The number of rotatable bonds is 2. The Kier molecular flexibility index (Phi) is 3.77. The van der Waals surface area contributed by atoms with Crippen LogP contribution in [0.5, 0.6) is 5.75 Å². The lowest BCUT2D eigenvalue weighted by Crippen LogP contribution is -2.41. The highest BCUT2D eigenvalue weighted by atomic mass is 19.4. The summed E-state index contributed by atoms with van der Waals surface area (Å²) < 4.78 is 45.2. The number of morpholine rings is 1. The average molecular weight is 261 g/mol. The molecule has 0 spiro atoms. The number of hydrogen-bond donors (Lipinski definition) is 1. The monoisotopic (exact) mass is 261 g/mol. The highest BCUT2D eigenvalue weighted by Crippen LogP contribution is 2.25. The molecule has 1 fully saturated rings. The van der Waals surface area contributed by atoms with Gasteiger partial charge in [-0.05, 0) is 24.6 Å². The molecule has 1 aromatic carbocycles. The highest BCUT2D eigenvalue weighted by molar-refractivity contribution is 5.29. The van der Waals surface area contributed by atoms with Crippen molar-refractivity contribution in [1.29, 1.82) is 0 Å². The van der Waals surface area contributed by atoms with Crippen LogP contribution in [0.25, 0.3) is 0 Å². The van der Waals surface area contributed by atoms with Gasteiger partial charge in [0.15, 0.2) is 0 Å². The van der Waals surface area contributed by atoms with Crippen molar-refractivity contribution in [3.63, 3.8) is 0 Å². The van der Waals surface area contributed by atoms with Crippen LogP contribution in [0, 0.1) is 0 Å². The Morgan fingerprint density at radius 1 is 1.22 bits per heavy atom. The van der Waals surface area contributed by atoms with E-state index in [2.05, 4.69) is 10.1 Å². The molecule has 0 amide bonds. The fourth-order valence-corrected chi connectivity index (χ4v) is 1.90. The lowest BCUT2D eigenvalue weighted by Gasteiger charge is -2.29. The molecule has 1 heterocycles. The Morgan fingerprint density at radius 3 is 2.44 bits per heavy atom. The summed E-state index contributed by atoms with van der Waals surface area (Å²) in [6, 6.07) is 6.08. The zero-order valence-electron chi connectivity index (χ0n) is 9.83. The predicted molar refractivity (Wildman–Crippen MR) is 59.3 cm³/mol. The van der Waals surface area contributed by atoms with Gasteiger partial charge in [0.2, 0.25) is 0 Å². The van der Waals surface area contributed by atoms with Gasteiger partial charge >= 0.3 is 6.36 Å². The van der Waals surface area contributed by atoms with Crippen molar-refractivity contribution in [1.82, 2.24) is 5.32 Å². The largest absolute Gasteiger partial charge is 0.573 e. The Morgan fingerprint density at radius 2 is 1.89 bits per heavy atom. The molecule has 0 aliphatic carbocycles. The molecule has 0 unspecified atom stereocenters. The van der Waals surface area contributed by atoms with Gasteiger partial charge < -0.3 is 14.8 Å². The maximum atomic E-state index is 12.0. The van der Waals surface area contributed by atoms with Gasteiger partial charge in [-0.1, -0.05) is 12.1 Å². The van der Waals surface area contributed by atoms with Crippen LogP contribution in [0.15, 0.2) is 24.3 Å². The van der Waals surface area contributed by atoms with Crippen LogP contribution in [0.3, 0.4) is 0 Å². The lowest BCUT2D eigenvalue weighted by atomic mass is 10.1. The van der Waals surface area contributed by atoms with Crippen molar-refractivity contribution >= 4 is 0 Å². The van der Waals surface area contributed by atoms with Crippen molar-refractivity contribution in [3.8, 4) is 5.75 Å². The molecule has 1 aliphatic heterocycles. The molecule has 0 bridgehead atoms. The van der Waals surface area contributed by atoms with Crippen molar-refractivity contribution in [2.45, 2.75) is 25.4 Å². The molecule has 0 radical (unpaired) electrons. The second-order valence-corrected chi connectivity index (χ2v) is 4.27. The molecule has 0 saturated carbocycles. The highest BCUT2D eigenvalue weighted by Gasteiger charge is 2.31. The van der Waals surface area contributed by atoms with Crippen LogP contribution in [0.1, 0.15) is 18.5 Å². The minimum absolute atomic E-state index is 0.00804. The topological polar surface area (TPSA) is 30.5 Å². The Balaban J connectivity index is 2.03. The van der Waals surface area contributed by atoms with Gasteiger partial charge in [-0.25, -0.2) is 0 Å². The van der Waals surface area contributed by atoms with E-state index in [1.807, 2.05) is 6.92 Å². The van der Waals surface area contributed by atoms with Gasteiger partial charge in [-0.3, -0.25) is 0 Å². The molecule has 100 valence electrons. The lowest BCUT2D eigenvalue weighted by molar-refractivity contribution is -0.274. The number of benzene rings is 1. The number of nitrogens with one attached hydrogen (secondary N) is 1. The van der Waals surface area contributed by atoms with Gasteiger partial charge in [0, 0.05) is 6.04 Å². The summed E-state index contributed by atoms with van der Waals surface area (Å²) in [4.78, 5) is 0. The van der Waals surface area contributed by atoms with Crippen LogP contribution < -0.4 is 10.1 Å². The summed E-state index contributed by atoms with van der Waals surface area (Å²) in [7, 11) is 0. The maximum absolute atomic E-state index is 12.0. The molecular weight excluding hydrogens is 247 g/mol. The minimum Gasteiger partial charge on any atom is -0.406 e. The summed E-state index contributed by atoms with van der Waals surface area (Å²) in [6.07, 6.45) is -4.65. The Labute approximate surface area is 103 Å². The third-order valence-corrected chi connectivity index (χ3v) is 2.65. The van der Waals surface area contributed by atoms with Crippen LogP contribution in [-0.4, -0.2) is 25.6 Å². The molecular formula is C12H14F3NO2. The molecule has 3 nitrogen and oxygen atoms in total. The second kappa shape index (κ2) is 5.16. The molecule has 6 heteroatoms. The minimum atomic E-state index is -4.65. The number of halogens is 3. The molecule has 1 aromatic rings. The van der Waals surface area contributed by atoms with E-state index in [1.54, 1.807) is 12.1 Å². The van der Waals surface area contributed by atoms with E-state index in [0.717, 1.165) is 5.56 Å². The van der Waals surface area contributed by atoms with E-state index in [9.17, 15) is 13.2 Å². The Hall–Kier alpha value is -1.27. The third kappa shape index (κ3) is 3.61. The summed E-state index contributed by atoms with van der Waals surface area (Å²) in [6.45, 7) is 3.16. The second-order valence-electron chi connectivity index (χ2n) is 4.27. The van der Waals surface area contributed by atoms with Gasteiger partial charge in [0.05, 0.1) is 19.3 Å². The summed E-state index contributed by atoms with van der Waals surface area (Å²) in [5, 5.41) is 3.31. The van der Waals surface area contributed by atoms with Crippen molar-refractivity contribution in [2.75, 3.05) is 13.2 Å². The molecule has 18 heavy (non-hydrogen) atoms. The van der Waals surface area contributed by atoms with E-state index in [1.165, 1.54) is 12.1 Å². The van der Waals surface area contributed by atoms with Crippen LogP contribution in [-0.2, 0) is 4.74 Å². The fourth-order valence-electron chi connectivity index (χ4n) is 1.90. The fraction of sp³-hybridized carbons (Fsp3) is 0.500. The smallest absolute Gasteiger partial charge is 0.406 e. The van der Waals surface area contributed by atoms with Gasteiger partial charge in [-0.2, -0.15) is 0 Å². The molecule has 0 aromatic heterocycles. The molecule has 1 N–H and O–H groups in total. The van der Waals surface area contributed by atoms with Gasteiger partial charge in [0.25, 0.3) is 0 Å². The van der Waals surface area contributed by atoms with E-state index in [4.69, 9.17) is 4.74 Å². The molecule has 2 rings (SSSR count). The molecule has 1 aliphatic rings. The quantitative estimate of drug-likeness (QED) is 0.887. The first-order valence-electron chi connectivity index (χ1n) is 5.63. The zero-order valence-corrected chi connectivity index (χ0v) is 9.83. The van der Waals surface area contributed by atoms with Gasteiger partial charge in [0.1, 0.15) is 5.75 Å². The van der Waals surface area contributed by atoms with Crippen molar-refractivity contribution in [3.05, 3.63) is 29.8 Å². The zero-order chi connectivity index (χ0) is 13.2. The summed E-state index contributed by atoms with van der Waals surface area (Å²) in [5.74, 6) is -0.212. The van der Waals surface area contributed by atoms with Crippen LogP contribution in [0.2, 0.25) is 0 Å². The first kappa shape index (κ1) is 13.2. The van der Waals surface area contributed by atoms with Crippen molar-refractivity contribution in [2.24, 2.45) is 0 Å². The van der Waals surface area contributed by atoms with Crippen LogP contribution in [0.4, 0.5) is 13.2 Å². The summed E-state index contributed by atoms with van der Waals surface area (Å²) >= 11 is 0. The van der Waals surface area contributed by atoms with Gasteiger partial charge in [-0.15, -0.1) is 13.2 Å². The maximum Gasteiger partial charge on any atom is 0.573 e. The SMILES string of the molecule is C[C@@H]1COC[C@H](c2ccc(OC(F)(F)F)cc2)N1. The Bertz CT molecular complexity index is 391. The van der Waals surface area contributed by atoms with E-state index in [-0.39, 0.29) is 17.8 Å². The first-order chi connectivity index (χ1) is 8.44. The normalized spacial score (nSPS) is 24.9.